The minimum Gasteiger partial charge on any atom is -0.395 e. The SMILES string of the molecule is CC(C)[C@@H](O)C(=O)N(CCO)Cc1ncc[nH]1. The van der Waals surface area contributed by atoms with E-state index in [1.54, 1.807) is 26.2 Å². The number of H-pyrrole nitrogens is 1. The molecular formula is C11H19N3O3. The van der Waals surface area contributed by atoms with Crippen LogP contribution in [-0.4, -0.2) is 50.2 Å². The van der Waals surface area contributed by atoms with Crippen molar-refractivity contribution in [1.29, 1.82) is 0 Å². The largest absolute Gasteiger partial charge is 0.395 e. The number of aliphatic hydroxyl groups excluding tert-OH is 2. The Morgan fingerprint density at radius 3 is 2.76 bits per heavy atom. The van der Waals surface area contributed by atoms with Gasteiger partial charge in [0.2, 0.25) is 0 Å². The van der Waals surface area contributed by atoms with Gasteiger partial charge in [-0.15, -0.1) is 0 Å². The van der Waals surface area contributed by atoms with Gasteiger partial charge in [-0.1, -0.05) is 13.8 Å². The number of aromatic nitrogens is 2. The normalized spacial score (nSPS) is 12.8. The second-order valence-electron chi connectivity index (χ2n) is 4.21. The first-order valence-electron chi connectivity index (χ1n) is 5.62. The van der Waals surface area contributed by atoms with E-state index in [9.17, 15) is 9.90 Å². The van der Waals surface area contributed by atoms with E-state index in [-0.39, 0.29) is 31.5 Å². The molecule has 1 atom stereocenters. The van der Waals surface area contributed by atoms with Crippen LogP contribution >= 0.6 is 0 Å². The molecule has 6 heteroatoms. The summed E-state index contributed by atoms with van der Waals surface area (Å²) in [5.41, 5.74) is 0. The quantitative estimate of drug-likeness (QED) is 0.640. The summed E-state index contributed by atoms with van der Waals surface area (Å²) >= 11 is 0. The number of nitrogens with zero attached hydrogens (tertiary/aromatic N) is 2. The third-order valence-corrected chi connectivity index (χ3v) is 2.46. The highest BCUT2D eigenvalue weighted by molar-refractivity contribution is 5.80. The zero-order valence-electron chi connectivity index (χ0n) is 10.1. The van der Waals surface area contributed by atoms with Crippen LogP contribution in [0.15, 0.2) is 12.4 Å². The first-order chi connectivity index (χ1) is 8.06. The maximum Gasteiger partial charge on any atom is 0.252 e. The van der Waals surface area contributed by atoms with Crippen molar-refractivity contribution in [2.75, 3.05) is 13.2 Å². The molecule has 1 amide bonds. The van der Waals surface area contributed by atoms with E-state index in [1.165, 1.54) is 4.90 Å². The molecular weight excluding hydrogens is 222 g/mol. The molecule has 1 aromatic heterocycles. The van der Waals surface area contributed by atoms with Crippen LogP contribution in [0.5, 0.6) is 0 Å². The minimum atomic E-state index is -1.04. The van der Waals surface area contributed by atoms with Gasteiger partial charge in [-0.05, 0) is 5.92 Å². The van der Waals surface area contributed by atoms with Crippen molar-refractivity contribution in [1.82, 2.24) is 14.9 Å². The van der Waals surface area contributed by atoms with Gasteiger partial charge in [0.1, 0.15) is 11.9 Å². The Morgan fingerprint density at radius 2 is 2.29 bits per heavy atom. The number of carbonyl (C=O) groups is 1. The fraction of sp³-hybridized carbons (Fsp3) is 0.636. The van der Waals surface area contributed by atoms with E-state index in [0.29, 0.717) is 5.82 Å². The van der Waals surface area contributed by atoms with Gasteiger partial charge in [0.15, 0.2) is 0 Å². The van der Waals surface area contributed by atoms with Crippen molar-refractivity contribution in [2.45, 2.75) is 26.5 Å². The number of hydrogen-bond acceptors (Lipinski definition) is 4. The van der Waals surface area contributed by atoms with Gasteiger partial charge in [-0.2, -0.15) is 0 Å². The molecule has 0 unspecified atom stereocenters. The van der Waals surface area contributed by atoms with Crippen LogP contribution in [0, 0.1) is 5.92 Å². The highest BCUT2D eigenvalue weighted by Crippen LogP contribution is 2.08. The van der Waals surface area contributed by atoms with E-state index in [1.807, 2.05) is 0 Å². The van der Waals surface area contributed by atoms with E-state index in [2.05, 4.69) is 9.97 Å². The number of imidazole rings is 1. The maximum absolute atomic E-state index is 11.9. The van der Waals surface area contributed by atoms with Crippen molar-refractivity contribution >= 4 is 5.91 Å². The molecule has 17 heavy (non-hydrogen) atoms. The molecule has 0 aliphatic heterocycles. The average molecular weight is 241 g/mol. The Balaban J connectivity index is 2.68. The van der Waals surface area contributed by atoms with E-state index >= 15 is 0 Å². The van der Waals surface area contributed by atoms with Gasteiger partial charge in [-0.3, -0.25) is 4.79 Å². The molecule has 1 aromatic rings. The molecule has 0 aliphatic carbocycles. The molecule has 0 aromatic carbocycles. The van der Waals surface area contributed by atoms with Crippen LogP contribution in [0.25, 0.3) is 0 Å². The monoisotopic (exact) mass is 241 g/mol. The lowest BCUT2D eigenvalue weighted by atomic mass is 10.1. The minimum absolute atomic E-state index is 0.142. The second kappa shape index (κ2) is 6.36. The Morgan fingerprint density at radius 1 is 1.59 bits per heavy atom. The van der Waals surface area contributed by atoms with Gasteiger partial charge in [0.05, 0.1) is 13.2 Å². The van der Waals surface area contributed by atoms with Gasteiger partial charge >= 0.3 is 0 Å². The predicted molar refractivity (Wildman–Crippen MR) is 61.9 cm³/mol. The van der Waals surface area contributed by atoms with Crippen LogP contribution in [0.2, 0.25) is 0 Å². The predicted octanol–water partition coefficient (Wildman–Crippen LogP) is -0.253. The molecule has 96 valence electrons. The highest BCUT2D eigenvalue weighted by atomic mass is 16.3. The Hall–Kier alpha value is -1.40. The van der Waals surface area contributed by atoms with Crippen molar-refractivity contribution in [3.05, 3.63) is 18.2 Å². The summed E-state index contributed by atoms with van der Waals surface area (Å²) in [7, 11) is 0. The van der Waals surface area contributed by atoms with Crippen LogP contribution in [0.4, 0.5) is 0 Å². The molecule has 0 aliphatic rings. The van der Waals surface area contributed by atoms with Crippen LogP contribution < -0.4 is 0 Å². The standard InChI is InChI=1S/C11H19N3O3/c1-8(2)10(16)11(17)14(5-6-15)7-9-12-3-4-13-9/h3-4,8,10,15-16H,5-7H2,1-2H3,(H,12,13)/t10-/m1/s1. The van der Waals surface area contributed by atoms with Crippen molar-refractivity contribution in [3.8, 4) is 0 Å². The van der Waals surface area contributed by atoms with Crippen molar-refractivity contribution < 1.29 is 15.0 Å². The lowest BCUT2D eigenvalue weighted by Crippen LogP contribution is -2.42. The van der Waals surface area contributed by atoms with E-state index < -0.39 is 6.10 Å². The summed E-state index contributed by atoms with van der Waals surface area (Å²) < 4.78 is 0. The molecule has 0 saturated heterocycles. The lowest BCUT2D eigenvalue weighted by molar-refractivity contribution is -0.143. The van der Waals surface area contributed by atoms with Gasteiger partial charge in [0, 0.05) is 18.9 Å². The fourth-order valence-electron chi connectivity index (χ4n) is 1.43. The fourth-order valence-corrected chi connectivity index (χ4v) is 1.43. The number of aliphatic hydroxyl groups is 2. The molecule has 1 rings (SSSR count). The zero-order chi connectivity index (χ0) is 12.8. The molecule has 0 saturated carbocycles. The number of rotatable bonds is 6. The molecule has 1 heterocycles. The highest BCUT2D eigenvalue weighted by Gasteiger charge is 2.25. The van der Waals surface area contributed by atoms with Crippen molar-refractivity contribution in [3.63, 3.8) is 0 Å². The maximum atomic E-state index is 11.9. The molecule has 0 spiro atoms. The van der Waals surface area contributed by atoms with Gasteiger partial charge in [-0.25, -0.2) is 4.98 Å². The molecule has 3 N–H and O–H groups in total. The smallest absolute Gasteiger partial charge is 0.252 e. The Labute approximate surface area is 100 Å². The van der Waals surface area contributed by atoms with E-state index in [0.717, 1.165) is 0 Å². The second-order valence-corrected chi connectivity index (χ2v) is 4.21. The van der Waals surface area contributed by atoms with Crippen LogP contribution in [-0.2, 0) is 11.3 Å². The first-order valence-corrected chi connectivity index (χ1v) is 5.62. The molecule has 0 fully saturated rings. The average Bonchev–Trinajstić information content (AvgIpc) is 2.79. The Kier molecular flexibility index (Phi) is 5.11. The molecule has 0 radical (unpaired) electrons. The van der Waals surface area contributed by atoms with Gasteiger partial charge < -0.3 is 20.1 Å². The molecule has 6 nitrogen and oxygen atoms in total. The number of carbonyl (C=O) groups excluding carboxylic acids is 1. The van der Waals surface area contributed by atoms with Crippen LogP contribution in [0.3, 0.4) is 0 Å². The summed E-state index contributed by atoms with van der Waals surface area (Å²) in [4.78, 5) is 20.2. The summed E-state index contributed by atoms with van der Waals surface area (Å²) in [5, 5.41) is 18.6. The number of aromatic amines is 1. The Bertz CT molecular complexity index is 338. The summed E-state index contributed by atoms with van der Waals surface area (Å²) in [5.74, 6) is 0.0912. The molecule has 0 bridgehead atoms. The number of nitrogens with one attached hydrogen (secondary N) is 1. The third-order valence-electron chi connectivity index (χ3n) is 2.46. The summed E-state index contributed by atoms with van der Waals surface area (Å²) in [6.07, 6.45) is 2.21. The zero-order valence-corrected chi connectivity index (χ0v) is 10.1. The first kappa shape index (κ1) is 13.7. The van der Waals surface area contributed by atoms with E-state index in [4.69, 9.17) is 5.11 Å². The number of amides is 1. The number of hydrogen-bond donors (Lipinski definition) is 3. The van der Waals surface area contributed by atoms with Crippen LogP contribution in [0.1, 0.15) is 19.7 Å². The summed E-state index contributed by atoms with van der Waals surface area (Å²) in [6, 6.07) is 0. The lowest BCUT2D eigenvalue weighted by Gasteiger charge is -2.25. The third kappa shape index (κ3) is 3.83. The van der Waals surface area contributed by atoms with Gasteiger partial charge in [0.25, 0.3) is 5.91 Å². The van der Waals surface area contributed by atoms with Crippen molar-refractivity contribution in [2.24, 2.45) is 5.92 Å². The summed E-state index contributed by atoms with van der Waals surface area (Å²) in [6.45, 7) is 3.84. The topological polar surface area (TPSA) is 89.4 Å².